The number of benzene rings is 2. The number of hydrogen-bond donors (Lipinski definition) is 1. The maximum absolute atomic E-state index is 12.2. The van der Waals surface area contributed by atoms with E-state index < -0.39 is 24.4 Å². The van der Waals surface area contributed by atoms with E-state index in [0.717, 1.165) is 5.56 Å². The van der Waals surface area contributed by atoms with Crippen LogP contribution < -0.4 is 10.1 Å². The molecule has 2 aromatic carbocycles. The molecule has 8 nitrogen and oxygen atoms in total. The predicted octanol–water partition coefficient (Wildman–Crippen LogP) is 3.73. The quantitative estimate of drug-likeness (QED) is 0.501. The molecule has 0 bridgehead atoms. The normalized spacial score (nSPS) is 10.3. The number of carbonyl (C=O) groups excluding carboxylic acids is 3. The van der Waals surface area contributed by atoms with Gasteiger partial charge < -0.3 is 19.7 Å². The number of aromatic nitrogens is 1. The first kappa shape index (κ1) is 23.2. The van der Waals surface area contributed by atoms with Crippen LogP contribution in [-0.4, -0.2) is 55.0 Å². The molecule has 32 heavy (non-hydrogen) atoms. The molecular formula is C22H20ClN3O5S. The zero-order valence-electron chi connectivity index (χ0n) is 17.3. The van der Waals surface area contributed by atoms with Crippen molar-refractivity contribution >= 4 is 46.4 Å². The first-order chi connectivity index (χ1) is 15.4. The number of ether oxygens (including phenoxy) is 2. The predicted molar refractivity (Wildman–Crippen MR) is 122 cm³/mol. The lowest BCUT2D eigenvalue weighted by molar-refractivity contribution is -0.136. The van der Waals surface area contributed by atoms with E-state index in [9.17, 15) is 14.4 Å². The Morgan fingerprint density at radius 1 is 1.16 bits per heavy atom. The zero-order valence-corrected chi connectivity index (χ0v) is 18.9. The summed E-state index contributed by atoms with van der Waals surface area (Å²) in [6.07, 6.45) is 0. The Morgan fingerprint density at radius 3 is 2.62 bits per heavy atom. The summed E-state index contributed by atoms with van der Waals surface area (Å²) in [6.45, 7) is -0.708. The van der Waals surface area contributed by atoms with Gasteiger partial charge in [-0.25, -0.2) is 9.78 Å². The van der Waals surface area contributed by atoms with Crippen molar-refractivity contribution in [3.8, 4) is 16.3 Å². The van der Waals surface area contributed by atoms with Gasteiger partial charge in [0.15, 0.2) is 12.3 Å². The molecule has 0 radical (unpaired) electrons. The third-order valence-electron chi connectivity index (χ3n) is 4.29. The summed E-state index contributed by atoms with van der Waals surface area (Å²) in [5.74, 6) is -1.04. The van der Waals surface area contributed by atoms with E-state index in [1.165, 1.54) is 30.4 Å². The fourth-order valence-electron chi connectivity index (χ4n) is 2.61. The number of esters is 1. The van der Waals surface area contributed by atoms with Gasteiger partial charge in [0.25, 0.3) is 5.91 Å². The fraction of sp³-hybridized carbons (Fsp3) is 0.182. The molecule has 10 heteroatoms. The van der Waals surface area contributed by atoms with Gasteiger partial charge in [-0.05, 0) is 24.3 Å². The lowest BCUT2D eigenvalue weighted by atomic mass is 10.2. The topological polar surface area (TPSA) is 97.8 Å². The van der Waals surface area contributed by atoms with E-state index in [1.54, 1.807) is 53.9 Å². The van der Waals surface area contributed by atoms with Gasteiger partial charge in [0.2, 0.25) is 5.91 Å². The number of thiazole rings is 1. The Bertz CT molecular complexity index is 1120. The van der Waals surface area contributed by atoms with Gasteiger partial charge in [0.1, 0.15) is 10.8 Å². The average molecular weight is 474 g/mol. The Morgan fingerprint density at radius 2 is 1.91 bits per heavy atom. The van der Waals surface area contributed by atoms with E-state index >= 15 is 0 Å². The minimum absolute atomic E-state index is 0.103. The number of amides is 2. The second-order valence-corrected chi connectivity index (χ2v) is 7.95. The molecule has 1 N–H and O–H groups in total. The largest absolute Gasteiger partial charge is 0.497 e. The van der Waals surface area contributed by atoms with E-state index in [-0.39, 0.29) is 12.2 Å². The number of nitrogens with one attached hydrogen (secondary N) is 1. The summed E-state index contributed by atoms with van der Waals surface area (Å²) in [6, 6.07) is 13.9. The fourth-order valence-corrected chi connectivity index (χ4v) is 3.53. The van der Waals surface area contributed by atoms with E-state index in [4.69, 9.17) is 21.1 Å². The van der Waals surface area contributed by atoms with E-state index in [1.807, 2.05) is 0 Å². The Kier molecular flexibility index (Phi) is 7.80. The minimum atomic E-state index is -0.718. The summed E-state index contributed by atoms with van der Waals surface area (Å²) < 4.78 is 10.2. The summed E-state index contributed by atoms with van der Waals surface area (Å²) in [5.41, 5.74) is 1.46. The molecule has 0 atom stereocenters. The van der Waals surface area contributed by atoms with Gasteiger partial charge in [-0.3, -0.25) is 9.59 Å². The second kappa shape index (κ2) is 10.7. The molecule has 0 aliphatic heterocycles. The molecule has 1 aromatic heterocycles. The Labute approximate surface area is 193 Å². The van der Waals surface area contributed by atoms with E-state index in [0.29, 0.717) is 21.5 Å². The van der Waals surface area contributed by atoms with Gasteiger partial charge in [-0.15, -0.1) is 11.3 Å². The van der Waals surface area contributed by atoms with Gasteiger partial charge in [-0.1, -0.05) is 29.8 Å². The monoisotopic (exact) mass is 473 g/mol. The number of nitrogens with zero attached hydrogens (tertiary/aromatic N) is 2. The van der Waals surface area contributed by atoms with Crippen LogP contribution in [0, 0.1) is 0 Å². The SMILES string of the molecule is COc1cccc(NC(=O)CN(C)C(=O)COC(=O)c2csc(-c3ccc(Cl)cc3)n2)c1. The molecule has 0 spiro atoms. The summed E-state index contributed by atoms with van der Waals surface area (Å²) in [7, 11) is 2.97. The number of carbonyl (C=O) groups is 3. The van der Waals surface area contributed by atoms with Crippen LogP contribution in [0.15, 0.2) is 53.9 Å². The van der Waals surface area contributed by atoms with Crippen molar-refractivity contribution in [2.75, 3.05) is 32.6 Å². The van der Waals surface area contributed by atoms with Crippen LogP contribution >= 0.6 is 22.9 Å². The molecular weight excluding hydrogens is 454 g/mol. The Hall–Kier alpha value is -3.43. The molecule has 166 valence electrons. The molecule has 0 saturated carbocycles. The molecule has 0 saturated heterocycles. The molecule has 0 aliphatic rings. The number of rotatable bonds is 8. The highest BCUT2D eigenvalue weighted by molar-refractivity contribution is 7.13. The minimum Gasteiger partial charge on any atom is -0.497 e. The van der Waals surface area contributed by atoms with Gasteiger partial charge >= 0.3 is 5.97 Å². The van der Waals surface area contributed by atoms with Crippen LogP contribution in [0.4, 0.5) is 5.69 Å². The molecule has 0 unspecified atom stereocenters. The zero-order chi connectivity index (χ0) is 23.1. The first-order valence-electron chi connectivity index (χ1n) is 9.42. The van der Waals surface area contributed by atoms with Crippen molar-refractivity contribution in [3.05, 3.63) is 64.6 Å². The molecule has 0 fully saturated rings. The molecule has 2 amide bonds. The summed E-state index contributed by atoms with van der Waals surface area (Å²) >= 11 is 7.16. The van der Waals surface area contributed by atoms with Crippen molar-refractivity contribution in [2.45, 2.75) is 0 Å². The first-order valence-corrected chi connectivity index (χ1v) is 10.7. The third-order valence-corrected chi connectivity index (χ3v) is 5.43. The average Bonchev–Trinajstić information content (AvgIpc) is 3.28. The van der Waals surface area contributed by atoms with Crippen LogP contribution in [0.3, 0.4) is 0 Å². The van der Waals surface area contributed by atoms with Crippen LogP contribution in [0.5, 0.6) is 5.75 Å². The van der Waals surface area contributed by atoms with Gasteiger partial charge in [-0.2, -0.15) is 0 Å². The Balaban J connectivity index is 1.48. The number of halogens is 1. The standard InChI is InChI=1S/C22H20ClN3O5S/c1-26(11-19(27)24-16-4-3-5-17(10-16)30-2)20(28)12-31-22(29)18-13-32-21(25-18)14-6-8-15(23)9-7-14/h3-10,13H,11-12H2,1-2H3,(H,24,27). The summed E-state index contributed by atoms with van der Waals surface area (Å²) in [4.78, 5) is 42.1. The van der Waals surface area contributed by atoms with Crippen molar-refractivity contribution in [2.24, 2.45) is 0 Å². The van der Waals surface area contributed by atoms with Gasteiger partial charge in [0, 0.05) is 34.8 Å². The van der Waals surface area contributed by atoms with Crippen molar-refractivity contribution in [3.63, 3.8) is 0 Å². The van der Waals surface area contributed by atoms with Crippen LogP contribution in [0.1, 0.15) is 10.5 Å². The maximum atomic E-state index is 12.2. The maximum Gasteiger partial charge on any atom is 0.358 e. The van der Waals surface area contributed by atoms with E-state index in [2.05, 4.69) is 10.3 Å². The number of anilines is 1. The molecule has 3 aromatic rings. The van der Waals surface area contributed by atoms with Crippen LogP contribution in [0.2, 0.25) is 5.02 Å². The number of likely N-dealkylation sites (N-methyl/N-ethyl adjacent to an activating group) is 1. The summed E-state index contributed by atoms with van der Waals surface area (Å²) in [5, 5.41) is 5.47. The highest BCUT2D eigenvalue weighted by atomic mass is 35.5. The van der Waals surface area contributed by atoms with Crippen molar-refractivity contribution < 1.29 is 23.9 Å². The van der Waals surface area contributed by atoms with Crippen molar-refractivity contribution in [1.82, 2.24) is 9.88 Å². The smallest absolute Gasteiger partial charge is 0.358 e. The number of hydrogen-bond acceptors (Lipinski definition) is 7. The lowest BCUT2D eigenvalue weighted by Gasteiger charge is -2.16. The third kappa shape index (κ3) is 6.29. The van der Waals surface area contributed by atoms with Gasteiger partial charge in [0.05, 0.1) is 13.7 Å². The highest BCUT2D eigenvalue weighted by Crippen LogP contribution is 2.25. The lowest BCUT2D eigenvalue weighted by Crippen LogP contribution is -2.37. The van der Waals surface area contributed by atoms with Crippen LogP contribution in [0.25, 0.3) is 10.6 Å². The van der Waals surface area contributed by atoms with Crippen molar-refractivity contribution in [1.29, 1.82) is 0 Å². The second-order valence-electron chi connectivity index (χ2n) is 6.65. The van der Waals surface area contributed by atoms with Crippen LogP contribution in [-0.2, 0) is 14.3 Å². The molecule has 3 rings (SSSR count). The highest BCUT2D eigenvalue weighted by Gasteiger charge is 2.18. The molecule has 0 aliphatic carbocycles. The molecule has 1 heterocycles. The number of methoxy groups -OCH3 is 1.